The maximum atomic E-state index is 12.3. The average Bonchev–Trinajstić information content (AvgIpc) is 2.99. The zero-order valence-electron chi connectivity index (χ0n) is 14.0. The smallest absolute Gasteiger partial charge is 0.417 e. The second-order valence-corrected chi connectivity index (χ2v) is 6.14. The summed E-state index contributed by atoms with van der Waals surface area (Å²) in [6.45, 7) is 2.96. The Kier molecular flexibility index (Phi) is 5.06. The van der Waals surface area contributed by atoms with Gasteiger partial charge < -0.3 is 19.4 Å². The molecule has 2 aromatic rings. The third-order valence-electron chi connectivity index (χ3n) is 4.18. The number of piperidine rings is 1. The number of H-pyrrole nitrogens is 1. The van der Waals surface area contributed by atoms with E-state index in [1.54, 1.807) is 30.0 Å². The fourth-order valence-corrected chi connectivity index (χ4v) is 2.90. The van der Waals surface area contributed by atoms with Crippen LogP contribution in [0.4, 0.5) is 0 Å². The maximum absolute atomic E-state index is 12.3. The fraction of sp³-hybridized carbons (Fsp3) is 0.471. The highest BCUT2D eigenvalue weighted by molar-refractivity contribution is 5.88. The Hall–Kier alpha value is -2.77. The molecule has 134 valence electrons. The van der Waals surface area contributed by atoms with Crippen molar-refractivity contribution >= 4 is 22.9 Å². The number of nitrogens with zero attached hydrogens (tertiary/aromatic N) is 1. The van der Waals surface area contributed by atoms with Gasteiger partial charge in [-0.2, -0.15) is 0 Å². The highest BCUT2D eigenvalue weighted by atomic mass is 16.5. The quantitative estimate of drug-likeness (QED) is 0.840. The van der Waals surface area contributed by atoms with Crippen molar-refractivity contribution in [3.63, 3.8) is 0 Å². The lowest BCUT2D eigenvalue weighted by Crippen LogP contribution is -2.49. The number of ether oxygens (including phenoxy) is 1. The van der Waals surface area contributed by atoms with Gasteiger partial charge in [-0.1, -0.05) is 0 Å². The number of carbonyl (C=O) groups excluding carboxylic acids is 2. The van der Waals surface area contributed by atoms with Crippen molar-refractivity contribution in [3.8, 4) is 5.75 Å². The molecule has 2 N–H and O–H groups in total. The number of oxazole rings is 1. The number of rotatable bonds is 5. The van der Waals surface area contributed by atoms with Crippen LogP contribution in [0, 0.1) is 0 Å². The Morgan fingerprint density at radius 1 is 1.32 bits per heavy atom. The van der Waals surface area contributed by atoms with Gasteiger partial charge in [0.15, 0.2) is 12.2 Å². The SMILES string of the molecule is CC(NC(=O)COc1ccc2oc(=O)[nH]c2c1)C(=O)N1CCCCC1. The van der Waals surface area contributed by atoms with E-state index in [0.29, 0.717) is 16.8 Å². The first-order valence-corrected chi connectivity index (χ1v) is 8.37. The van der Waals surface area contributed by atoms with Crippen LogP contribution in [-0.4, -0.2) is 47.4 Å². The number of fused-ring (bicyclic) bond motifs is 1. The molecule has 3 rings (SSSR count). The predicted octanol–water partition coefficient (Wildman–Crippen LogP) is 1.02. The van der Waals surface area contributed by atoms with Gasteiger partial charge in [0, 0.05) is 19.2 Å². The van der Waals surface area contributed by atoms with Gasteiger partial charge in [-0.15, -0.1) is 0 Å². The number of aromatic nitrogens is 1. The van der Waals surface area contributed by atoms with Crippen LogP contribution in [0.25, 0.3) is 11.1 Å². The van der Waals surface area contributed by atoms with E-state index in [0.717, 1.165) is 32.4 Å². The Morgan fingerprint density at radius 3 is 2.84 bits per heavy atom. The zero-order valence-corrected chi connectivity index (χ0v) is 14.0. The summed E-state index contributed by atoms with van der Waals surface area (Å²) >= 11 is 0. The van der Waals surface area contributed by atoms with E-state index >= 15 is 0 Å². The van der Waals surface area contributed by atoms with E-state index in [4.69, 9.17) is 9.15 Å². The molecule has 0 radical (unpaired) electrons. The second-order valence-electron chi connectivity index (χ2n) is 6.14. The van der Waals surface area contributed by atoms with Gasteiger partial charge in [0.2, 0.25) is 5.91 Å². The lowest BCUT2D eigenvalue weighted by molar-refractivity contribution is -0.137. The molecule has 0 bridgehead atoms. The summed E-state index contributed by atoms with van der Waals surface area (Å²) in [6.07, 6.45) is 3.16. The van der Waals surface area contributed by atoms with Crippen molar-refractivity contribution in [2.45, 2.75) is 32.2 Å². The summed E-state index contributed by atoms with van der Waals surface area (Å²) < 4.78 is 10.3. The number of hydrogen-bond acceptors (Lipinski definition) is 5. The molecule has 1 atom stereocenters. The van der Waals surface area contributed by atoms with Crippen LogP contribution in [0.1, 0.15) is 26.2 Å². The molecule has 1 fully saturated rings. The lowest BCUT2D eigenvalue weighted by atomic mass is 10.1. The van der Waals surface area contributed by atoms with Crippen molar-refractivity contribution in [2.75, 3.05) is 19.7 Å². The van der Waals surface area contributed by atoms with Crippen molar-refractivity contribution in [3.05, 3.63) is 28.7 Å². The van der Waals surface area contributed by atoms with E-state index in [-0.39, 0.29) is 18.4 Å². The van der Waals surface area contributed by atoms with Gasteiger partial charge in [-0.05, 0) is 38.3 Å². The van der Waals surface area contributed by atoms with E-state index in [9.17, 15) is 14.4 Å². The summed E-state index contributed by atoms with van der Waals surface area (Å²) in [5.74, 6) is -0.561. The molecule has 1 aliphatic heterocycles. The van der Waals surface area contributed by atoms with Crippen LogP contribution in [-0.2, 0) is 9.59 Å². The van der Waals surface area contributed by atoms with Gasteiger partial charge in [0.05, 0.1) is 5.52 Å². The Morgan fingerprint density at radius 2 is 2.08 bits per heavy atom. The molecular formula is C17H21N3O5. The summed E-state index contributed by atoms with van der Waals surface area (Å²) in [7, 11) is 0. The maximum Gasteiger partial charge on any atom is 0.417 e. The van der Waals surface area contributed by atoms with E-state index in [1.807, 2.05) is 0 Å². The standard InChI is InChI=1S/C17H21N3O5/c1-11(16(22)20-7-3-2-4-8-20)18-15(21)10-24-12-5-6-14-13(9-12)19-17(23)25-14/h5-6,9,11H,2-4,7-8,10H2,1H3,(H,18,21)(H,19,23). The molecule has 0 aliphatic carbocycles. The number of nitrogens with one attached hydrogen (secondary N) is 2. The molecule has 25 heavy (non-hydrogen) atoms. The normalized spacial score (nSPS) is 15.8. The molecule has 1 aromatic heterocycles. The van der Waals surface area contributed by atoms with E-state index in [2.05, 4.69) is 10.3 Å². The highest BCUT2D eigenvalue weighted by Crippen LogP contribution is 2.18. The molecule has 2 heterocycles. The number of carbonyl (C=O) groups is 2. The van der Waals surface area contributed by atoms with Gasteiger partial charge >= 0.3 is 5.76 Å². The second kappa shape index (κ2) is 7.42. The molecule has 1 aliphatic rings. The minimum atomic E-state index is -0.582. The summed E-state index contributed by atoms with van der Waals surface area (Å²) in [5, 5.41) is 2.66. The van der Waals surface area contributed by atoms with Crippen LogP contribution in [0.2, 0.25) is 0 Å². The van der Waals surface area contributed by atoms with Gasteiger partial charge in [-0.3, -0.25) is 14.6 Å². The number of amides is 2. The molecule has 1 saturated heterocycles. The van der Waals surface area contributed by atoms with Crippen LogP contribution in [0.15, 0.2) is 27.4 Å². The van der Waals surface area contributed by atoms with Crippen molar-refractivity contribution in [2.24, 2.45) is 0 Å². The monoisotopic (exact) mass is 347 g/mol. The summed E-state index contributed by atoms with van der Waals surface area (Å²) in [6, 6.07) is 4.19. The number of aromatic amines is 1. The molecule has 0 saturated carbocycles. The zero-order chi connectivity index (χ0) is 17.8. The number of benzene rings is 1. The molecular weight excluding hydrogens is 326 g/mol. The van der Waals surface area contributed by atoms with Gasteiger partial charge in [0.25, 0.3) is 5.91 Å². The van der Waals surface area contributed by atoms with Gasteiger partial charge in [-0.25, -0.2) is 4.79 Å². The first-order chi connectivity index (χ1) is 12.0. The minimum Gasteiger partial charge on any atom is -0.484 e. The lowest BCUT2D eigenvalue weighted by Gasteiger charge is -2.29. The fourth-order valence-electron chi connectivity index (χ4n) is 2.90. The third-order valence-corrected chi connectivity index (χ3v) is 4.18. The first-order valence-electron chi connectivity index (χ1n) is 8.37. The van der Waals surface area contributed by atoms with Crippen LogP contribution >= 0.6 is 0 Å². The van der Waals surface area contributed by atoms with Crippen LogP contribution < -0.4 is 15.8 Å². The Labute approximate surface area is 144 Å². The molecule has 8 heteroatoms. The topological polar surface area (TPSA) is 105 Å². The Balaban J connectivity index is 1.51. The molecule has 1 unspecified atom stereocenters. The molecule has 8 nitrogen and oxygen atoms in total. The Bertz CT molecular complexity index is 819. The minimum absolute atomic E-state index is 0.0644. The van der Waals surface area contributed by atoms with Gasteiger partial charge in [0.1, 0.15) is 11.8 Å². The van der Waals surface area contributed by atoms with Crippen molar-refractivity contribution in [1.82, 2.24) is 15.2 Å². The van der Waals surface area contributed by atoms with Crippen molar-refractivity contribution in [1.29, 1.82) is 0 Å². The number of hydrogen-bond donors (Lipinski definition) is 2. The van der Waals surface area contributed by atoms with Crippen LogP contribution in [0.3, 0.4) is 0 Å². The number of likely N-dealkylation sites (tertiary alicyclic amines) is 1. The average molecular weight is 347 g/mol. The van der Waals surface area contributed by atoms with Crippen molar-refractivity contribution < 1.29 is 18.7 Å². The summed E-state index contributed by atoms with van der Waals surface area (Å²) in [5.41, 5.74) is 0.916. The first kappa shape index (κ1) is 17.1. The third kappa shape index (κ3) is 4.20. The molecule has 0 spiro atoms. The predicted molar refractivity (Wildman–Crippen MR) is 90.4 cm³/mol. The summed E-state index contributed by atoms with van der Waals surface area (Å²) in [4.78, 5) is 39.7. The van der Waals surface area contributed by atoms with E-state index in [1.165, 1.54) is 0 Å². The highest BCUT2D eigenvalue weighted by Gasteiger charge is 2.23. The van der Waals surface area contributed by atoms with E-state index < -0.39 is 11.8 Å². The molecule has 2 amide bonds. The van der Waals surface area contributed by atoms with Crippen LogP contribution in [0.5, 0.6) is 5.75 Å². The largest absolute Gasteiger partial charge is 0.484 e. The molecule has 1 aromatic carbocycles.